The Morgan fingerprint density at radius 2 is 1.67 bits per heavy atom. The van der Waals surface area contributed by atoms with Crippen molar-refractivity contribution in [3.63, 3.8) is 0 Å². The molecule has 1 heterocycles. The van der Waals surface area contributed by atoms with Crippen molar-refractivity contribution in [1.29, 1.82) is 0 Å². The molecule has 204 valence electrons. The first-order chi connectivity index (χ1) is 18.7. The number of rotatable bonds is 10. The molecule has 9 nitrogen and oxygen atoms in total. The monoisotopic (exact) mass is 567 g/mol. The maximum absolute atomic E-state index is 13.1. The Balaban J connectivity index is 1.65. The number of esters is 1. The minimum absolute atomic E-state index is 0.0677. The summed E-state index contributed by atoms with van der Waals surface area (Å²) in [5.41, 5.74) is 1.72. The van der Waals surface area contributed by atoms with Gasteiger partial charge in [-0.3, -0.25) is 9.59 Å². The highest BCUT2D eigenvalue weighted by molar-refractivity contribution is 7.89. The van der Waals surface area contributed by atoms with E-state index in [-0.39, 0.29) is 30.2 Å². The number of fused-ring (bicyclic) bond motifs is 1. The average molecular weight is 568 g/mol. The number of hydrogen-bond donors (Lipinski definition) is 0. The highest BCUT2D eigenvalue weighted by Crippen LogP contribution is 2.28. The van der Waals surface area contributed by atoms with Crippen molar-refractivity contribution in [2.45, 2.75) is 31.8 Å². The molecule has 4 rings (SSSR count). The standard InChI is InChI=1S/C28H29N3O6S2/c1-4-36-23-12-9-13-24-26(23)31(19-25(32)37-5-2)28(38-24)29-27(33)21-14-16-22(17-15-21)39(34,35)30(3)18-20-10-7-6-8-11-20/h6-17H,4-5,18-19H2,1-3H3. The molecule has 0 spiro atoms. The van der Waals surface area contributed by atoms with Gasteiger partial charge in [-0.1, -0.05) is 47.7 Å². The van der Waals surface area contributed by atoms with E-state index in [0.717, 1.165) is 10.3 Å². The number of thiazole rings is 1. The molecule has 1 amide bonds. The molecule has 0 aliphatic rings. The van der Waals surface area contributed by atoms with E-state index < -0.39 is 21.9 Å². The molecule has 0 N–H and O–H groups in total. The van der Waals surface area contributed by atoms with Crippen molar-refractivity contribution in [3.05, 3.63) is 88.7 Å². The lowest BCUT2D eigenvalue weighted by Crippen LogP contribution is -2.26. The van der Waals surface area contributed by atoms with Crippen LogP contribution in [0.2, 0.25) is 0 Å². The van der Waals surface area contributed by atoms with Crippen LogP contribution in [0.4, 0.5) is 0 Å². The third-order valence-electron chi connectivity index (χ3n) is 5.81. The zero-order valence-electron chi connectivity index (χ0n) is 21.9. The van der Waals surface area contributed by atoms with Crippen LogP contribution in [-0.2, 0) is 32.6 Å². The van der Waals surface area contributed by atoms with Crippen molar-refractivity contribution in [3.8, 4) is 5.75 Å². The third kappa shape index (κ3) is 6.44. The van der Waals surface area contributed by atoms with E-state index in [0.29, 0.717) is 22.7 Å². The van der Waals surface area contributed by atoms with Gasteiger partial charge in [-0.15, -0.1) is 0 Å². The van der Waals surface area contributed by atoms with Crippen molar-refractivity contribution in [2.24, 2.45) is 4.99 Å². The Kier molecular flexibility index (Phi) is 8.95. The Bertz CT molecular complexity index is 1640. The summed E-state index contributed by atoms with van der Waals surface area (Å²) < 4.78 is 40.6. The largest absolute Gasteiger partial charge is 0.492 e. The maximum Gasteiger partial charge on any atom is 0.326 e. The Morgan fingerprint density at radius 3 is 2.33 bits per heavy atom. The smallest absolute Gasteiger partial charge is 0.326 e. The summed E-state index contributed by atoms with van der Waals surface area (Å²) in [6.07, 6.45) is 0. The predicted octanol–water partition coefficient (Wildman–Crippen LogP) is 4.23. The van der Waals surface area contributed by atoms with Gasteiger partial charge >= 0.3 is 5.97 Å². The van der Waals surface area contributed by atoms with E-state index in [1.54, 1.807) is 17.6 Å². The van der Waals surface area contributed by atoms with Gasteiger partial charge in [-0.25, -0.2) is 8.42 Å². The van der Waals surface area contributed by atoms with Crippen LogP contribution in [-0.4, -0.2) is 49.4 Å². The Hall–Kier alpha value is -3.80. The molecular weight excluding hydrogens is 538 g/mol. The SMILES string of the molecule is CCOC(=O)Cn1c(=NC(=O)c2ccc(S(=O)(=O)N(C)Cc3ccccc3)cc2)sc2cccc(OCC)c21. The predicted molar refractivity (Wildman–Crippen MR) is 149 cm³/mol. The van der Waals surface area contributed by atoms with Crippen LogP contribution in [0.3, 0.4) is 0 Å². The summed E-state index contributed by atoms with van der Waals surface area (Å²) in [6, 6.07) is 20.4. The number of benzene rings is 3. The van der Waals surface area contributed by atoms with Crippen LogP contribution in [0.5, 0.6) is 5.75 Å². The van der Waals surface area contributed by atoms with Crippen LogP contribution in [0.25, 0.3) is 10.2 Å². The lowest BCUT2D eigenvalue weighted by molar-refractivity contribution is -0.143. The summed E-state index contributed by atoms with van der Waals surface area (Å²) >= 11 is 1.24. The fourth-order valence-electron chi connectivity index (χ4n) is 3.96. The second kappa shape index (κ2) is 12.4. The highest BCUT2D eigenvalue weighted by atomic mass is 32.2. The minimum Gasteiger partial charge on any atom is -0.492 e. The summed E-state index contributed by atoms with van der Waals surface area (Å²) in [5, 5.41) is 0. The van der Waals surface area contributed by atoms with Gasteiger partial charge in [0.1, 0.15) is 17.8 Å². The number of sulfonamides is 1. The third-order valence-corrected chi connectivity index (χ3v) is 8.67. The summed E-state index contributed by atoms with van der Waals surface area (Å²) in [5.74, 6) is -0.469. The van der Waals surface area contributed by atoms with Crippen molar-refractivity contribution in [2.75, 3.05) is 20.3 Å². The zero-order chi connectivity index (χ0) is 28.0. The number of aromatic nitrogens is 1. The Morgan fingerprint density at radius 1 is 0.949 bits per heavy atom. The van der Waals surface area contributed by atoms with Crippen LogP contribution in [0, 0.1) is 0 Å². The number of carbonyl (C=O) groups excluding carboxylic acids is 2. The summed E-state index contributed by atoms with van der Waals surface area (Å²) in [4.78, 5) is 30.1. The molecule has 0 aliphatic heterocycles. The molecule has 0 radical (unpaired) electrons. The zero-order valence-corrected chi connectivity index (χ0v) is 23.5. The van der Waals surface area contributed by atoms with Crippen molar-refractivity contribution >= 4 is 43.5 Å². The summed E-state index contributed by atoms with van der Waals surface area (Å²) in [6.45, 7) is 4.30. The van der Waals surface area contributed by atoms with E-state index in [1.807, 2.05) is 49.4 Å². The quantitative estimate of drug-likeness (QED) is 0.266. The number of carbonyl (C=O) groups is 2. The van der Waals surface area contributed by atoms with Crippen molar-refractivity contribution < 1.29 is 27.5 Å². The molecule has 11 heteroatoms. The first-order valence-corrected chi connectivity index (χ1v) is 14.6. The lowest BCUT2D eigenvalue weighted by atomic mass is 10.2. The molecule has 0 unspecified atom stereocenters. The van der Waals surface area contributed by atoms with Crippen LogP contribution < -0.4 is 9.54 Å². The van der Waals surface area contributed by atoms with Crippen LogP contribution >= 0.6 is 11.3 Å². The van der Waals surface area contributed by atoms with Gasteiger partial charge in [-0.2, -0.15) is 9.30 Å². The molecule has 4 aromatic rings. The second-order valence-corrected chi connectivity index (χ2v) is 11.6. The topological polar surface area (TPSA) is 107 Å². The van der Waals surface area contributed by atoms with Crippen LogP contribution in [0.1, 0.15) is 29.8 Å². The number of hydrogen-bond acceptors (Lipinski definition) is 7. The van der Waals surface area contributed by atoms with Crippen molar-refractivity contribution in [1.82, 2.24) is 8.87 Å². The average Bonchev–Trinajstić information content (AvgIpc) is 3.26. The van der Waals surface area contributed by atoms with E-state index >= 15 is 0 Å². The van der Waals surface area contributed by atoms with Gasteiger partial charge in [0.2, 0.25) is 10.0 Å². The van der Waals surface area contributed by atoms with E-state index in [1.165, 1.54) is 47.0 Å². The van der Waals surface area contributed by atoms with Gasteiger partial charge in [0.25, 0.3) is 5.91 Å². The highest BCUT2D eigenvalue weighted by Gasteiger charge is 2.22. The molecule has 0 fully saturated rings. The normalized spacial score (nSPS) is 12.2. The van der Waals surface area contributed by atoms with Gasteiger partial charge in [0, 0.05) is 19.2 Å². The minimum atomic E-state index is -3.77. The van der Waals surface area contributed by atoms with Crippen LogP contribution in [0.15, 0.2) is 82.7 Å². The number of para-hydroxylation sites is 1. The first-order valence-electron chi connectivity index (χ1n) is 12.3. The van der Waals surface area contributed by atoms with E-state index in [4.69, 9.17) is 9.47 Å². The maximum atomic E-state index is 13.1. The molecule has 0 saturated heterocycles. The van der Waals surface area contributed by atoms with Gasteiger partial charge in [0.15, 0.2) is 4.80 Å². The molecule has 39 heavy (non-hydrogen) atoms. The number of ether oxygens (including phenoxy) is 2. The van der Waals surface area contributed by atoms with E-state index in [9.17, 15) is 18.0 Å². The van der Waals surface area contributed by atoms with E-state index in [2.05, 4.69) is 4.99 Å². The summed E-state index contributed by atoms with van der Waals surface area (Å²) in [7, 11) is -2.26. The molecule has 1 aromatic heterocycles. The molecule has 0 aliphatic carbocycles. The van der Waals surface area contributed by atoms with Gasteiger partial charge in [-0.05, 0) is 55.8 Å². The molecular formula is C28H29N3O6S2. The molecule has 0 saturated carbocycles. The second-order valence-electron chi connectivity index (χ2n) is 8.50. The number of amides is 1. The first kappa shape index (κ1) is 28.2. The Labute approximate surface area is 231 Å². The molecule has 0 atom stereocenters. The van der Waals surface area contributed by atoms with Gasteiger partial charge < -0.3 is 14.0 Å². The molecule has 0 bridgehead atoms. The van der Waals surface area contributed by atoms with Gasteiger partial charge in [0.05, 0.1) is 22.8 Å². The number of nitrogens with zero attached hydrogens (tertiary/aromatic N) is 3. The fourth-order valence-corrected chi connectivity index (χ4v) is 6.17. The lowest BCUT2D eigenvalue weighted by Gasteiger charge is -2.17. The molecule has 3 aromatic carbocycles. The fraction of sp³-hybridized carbons (Fsp3) is 0.250.